The van der Waals surface area contributed by atoms with Gasteiger partial charge in [-0.3, -0.25) is 14.4 Å². The van der Waals surface area contributed by atoms with Gasteiger partial charge in [-0.2, -0.15) is 0 Å². The summed E-state index contributed by atoms with van der Waals surface area (Å²) in [7, 11) is 0. The Morgan fingerprint density at radius 1 is 1.25 bits per heavy atom. The number of benzene rings is 1. The zero-order valence-corrected chi connectivity index (χ0v) is 21.0. The molecule has 2 heterocycles. The number of aromatic nitrogens is 2. The van der Waals surface area contributed by atoms with Gasteiger partial charge in [-0.05, 0) is 52.0 Å². The van der Waals surface area contributed by atoms with E-state index in [0.717, 1.165) is 11.3 Å². The van der Waals surface area contributed by atoms with Crippen LogP contribution in [-0.2, 0) is 9.53 Å². The Balaban J connectivity index is 1.79. The molecule has 36 heavy (non-hydrogen) atoms. The number of thiazole rings is 1. The smallest absolute Gasteiger partial charge is 0.273 e. The molecule has 3 aromatic rings. The average molecular weight is 519 g/mol. The number of ketones is 1. The number of rotatable bonds is 10. The highest BCUT2D eigenvalue weighted by molar-refractivity contribution is 7.18. The topological polar surface area (TPSA) is 167 Å². The number of carbonyl (C=O) groups excluding carboxylic acids is 3. The number of nitrogen functional groups attached to an aromatic ring is 1. The number of halogens is 1. The van der Waals surface area contributed by atoms with E-state index in [9.17, 15) is 18.8 Å². The molecule has 0 saturated carbocycles. The first kappa shape index (κ1) is 26.8. The van der Waals surface area contributed by atoms with Gasteiger partial charge in [0.25, 0.3) is 5.91 Å². The number of nitrogens with two attached hydrogens (primary N) is 2. The first-order valence-electron chi connectivity index (χ1n) is 10.9. The van der Waals surface area contributed by atoms with Crippen LogP contribution < -0.4 is 21.7 Å². The molecule has 1 unspecified atom stereocenters. The molecule has 2 amide bonds. The molecule has 11 nitrogen and oxygen atoms in total. The molecule has 2 aromatic heterocycles. The SMILES string of the molecule is CC(C(N)=O)N(c1ccc(F)cc1)c1nc(N)c(C(=O)c2cc(C(=O)NCCOC(C)(C)C)no2)s1. The largest absolute Gasteiger partial charge is 0.382 e. The lowest BCUT2D eigenvalue weighted by molar-refractivity contribution is -0.118. The van der Waals surface area contributed by atoms with Crippen molar-refractivity contribution in [2.45, 2.75) is 39.3 Å². The fourth-order valence-electron chi connectivity index (χ4n) is 3.03. The van der Waals surface area contributed by atoms with E-state index in [1.807, 2.05) is 20.8 Å². The van der Waals surface area contributed by atoms with Gasteiger partial charge in [-0.1, -0.05) is 16.5 Å². The van der Waals surface area contributed by atoms with Gasteiger partial charge in [-0.15, -0.1) is 0 Å². The molecule has 5 N–H and O–H groups in total. The Morgan fingerprint density at radius 3 is 2.53 bits per heavy atom. The Morgan fingerprint density at radius 2 is 1.92 bits per heavy atom. The van der Waals surface area contributed by atoms with Crippen molar-refractivity contribution in [3.63, 3.8) is 0 Å². The van der Waals surface area contributed by atoms with Crippen molar-refractivity contribution >= 4 is 45.6 Å². The van der Waals surface area contributed by atoms with Gasteiger partial charge in [0.15, 0.2) is 10.8 Å². The van der Waals surface area contributed by atoms with Crippen LogP contribution in [0.3, 0.4) is 0 Å². The molecule has 0 spiro atoms. The van der Waals surface area contributed by atoms with Gasteiger partial charge in [0.05, 0.1) is 12.2 Å². The molecular weight excluding hydrogens is 491 g/mol. The van der Waals surface area contributed by atoms with Crippen molar-refractivity contribution in [1.82, 2.24) is 15.5 Å². The maximum absolute atomic E-state index is 13.4. The van der Waals surface area contributed by atoms with Crippen LogP contribution in [0.15, 0.2) is 34.9 Å². The molecule has 0 fully saturated rings. The molecule has 13 heteroatoms. The van der Waals surface area contributed by atoms with E-state index in [1.54, 1.807) is 6.92 Å². The summed E-state index contributed by atoms with van der Waals surface area (Å²) in [5, 5.41) is 6.47. The third-order valence-corrected chi connectivity index (χ3v) is 5.92. The van der Waals surface area contributed by atoms with Crippen molar-refractivity contribution in [2.24, 2.45) is 5.73 Å². The predicted molar refractivity (Wildman–Crippen MR) is 132 cm³/mol. The Bertz CT molecular complexity index is 1250. The molecule has 0 saturated heterocycles. The third kappa shape index (κ3) is 6.43. The highest BCUT2D eigenvalue weighted by Crippen LogP contribution is 2.36. The van der Waals surface area contributed by atoms with Crippen LogP contribution in [0.5, 0.6) is 0 Å². The molecule has 1 aromatic carbocycles. The zero-order chi connectivity index (χ0) is 26.6. The van der Waals surface area contributed by atoms with Gasteiger partial charge < -0.3 is 30.9 Å². The monoisotopic (exact) mass is 518 g/mol. The van der Waals surface area contributed by atoms with E-state index in [1.165, 1.54) is 35.2 Å². The van der Waals surface area contributed by atoms with Crippen molar-refractivity contribution in [3.8, 4) is 0 Å². The standard InChI is InChI=1S/C23H27FN6O5S/c1-12(20(26)32)30(14-7-5-13(24)6-8-14)22-28-19(25)18(36-22)17(31)16-11-15(29-35-16)21(33)27-9-10-34-23(2,3)4/h5-8,11-12H,9-10,25H2,1-4H3,(H2,26,32)(H,27,33). The summed E-state index contributed by atoms with van der Waals surface area (Å²) in [6.45, 7) is 7.78. The molecule has 0 aliphatic carbocycles. The second-order valence-electron chi connectivity index (χ2n) is 8.76. The van der Waals surface area contributed by atoms with Gasteiger partial charge >= 0.3 is 0 Å². The molecule has 1 atom stereocenters. The van der Waals surface area contributed by atoms with Gasteiger partial charge in [0, 0.05) is 18.3 Å². The fraction of sp³-hybridized carbons (Fsp3) is 0.348. The summed E-state index contributed by atoms with van der Waals surface area (Å²) in [5.41, 5.74) is 11.5. The molecule has 0 aliphatic rings. The van der Waals surface area contributed by atoms with Gasteiger partial charge in [0.2, 0.25) is 17.5 Å². The van der Waals surface area contributed by atoms with Crippen LogP contribution in [0.2, 0.25) is 0 Å². The van der Waals surface area contributed by atoms with E-state index >= 15 is 0 Å². The lowest BCUT2D eigenvalue weighted by Gasteiger charge is -2.26. The highest BCUT2D eigenvalue weighted by Gasteiger charge is 2.29. The number of nitrogens with one attached hydrogen (secondary N) is 1. The van der Waals surface area contributed by atoms with E-state index in [0.29, 0.717) is 12.3 Å². The first-order chi connectivity index (χ1) is 16.9. The minimum atomic E-state index is -0.883. The fourth-order valence-corrected chi connectivity index (χ4v) is 4.06. The predicted octanol–water partition coefficient (Wildman–Crippen LogP) is 2.64. The number of hydrogen-bond donors (Lipinski definition) is 3. The summed E-state index contributed by atoms with van der Waals surface area (Å²) in [6, 6.07) is 5.64. The van der Waals surface area contributed by atoms with Crippen molar-refractivity contribution < 1.29 is 28.0 Å². The molecule has 3 rings (SSSR count). The summed E-state index contributed by atoms with van der Waals surface area (Å²) >= 11 is 0.886. The summed E-state index contributed by atoms with van der Waals surface area (Å²) in [5.74, 6) is -2.66. The Labute approximate surface area is 210 Å². The average Bonchev–Trinajstić information content (AvgIpc) is 3.44. The van der Waals surface area contributed by atoms with Crippen molar-refractivity contribution in [2.75, 3.05) is 23.8 Å². The van der Waals surface area contributed by atoms with Crippen LogP contribution >= 0.6 is 11.3 Å². The lowest BCUT2D eigenvalue weighted by atomic mass is 10.2. The number of hydrogen-bond acceptors (Lipinski definition) is 10. The van der Waals surface area contributed by atoms with Crippen LogP contribution in [0.25, 0.3) is 0 Å². The van der Waals surface area contributed by atoms with Crippen LogP contribution in [0.1, 0.15) is 53.6 Å². The van der Waals surface area contributed by atoms with E-state index < -0.39 is 29.5 Å². The van der Waals surface area contributed by atoms with Crippen LogP contribution in [0, 0.1) is 5.82 Å². The number of amides is 2. The third-order valence-electron chi connectivity index (χ3n) is 4.85. The number of primary amides is 1. The summed E-state index contributed by atoms with van der Waals surface area (Å²) in [4.78, 5) is 42.9. The first-order valence-corrected chi connectivity index (χ1v) is 11.7. The van der Waals surface area contributed by atoms with E-state index in [-0.39, 0.29) is 39.4 Å². The summed E-state index contributed by atoms with van der Waals surface area (Å²) < 4.78 is 24.0. The Kier molecular flexibility index (Phi) is 8.05. The number of carbonyl (C=O) groups is 3. The summed E-state index contributed by atoms with van der Waals surface area (Å²) in [6.07, 6.45) is 0. The minimum absolute atomic E-state index is 0.00969. The zero-order valence-electron chi connectivity index (χ0n) is 20.2. The molecule has 0 radical (unpaired) electrons. The normalized spacial score (nSPS) is 12.2. The number of ether oxygens (including phenoxy) is 1. The lowest BCUT2D eigenvalue weighted by Crippen LogP contribution is -2.39. The molecule has 0 bridgehead atoms. The van der Waals surface area contributed by atoms with Crippen molar-refractivity contribution in [3.05, 3.63) is 52.5 Å². The number of nitrogens with zero attached hydrogens (tertiary/aromatic N) is 3. The van der Waals surface area contributed by atoms with E-state index in [4.69, 9.17) is 20.7 Å². The van der Waals surface area contributed by atoms with Gasteiger partial charge in [0.1, 0.15) is 22.6 Å². The number of anilines is 3. The molecule has 192 valence electrons. The second-order valence-corrected chi connectivity index (χ2v) is 9.74. The van der Waals surface area contributed by atoms with Gasteiger partial charge in [-0.25, -0.2) is 9.37 Å². The quantitative estimate of drug-likeness (QED) is 0.270. The van der Waals surface area contributed by atoms with Crippen LogP contribution in [0.4, 0.5) is 21.0 Å². The van der Waals surface area contributed by atoms with E-state index in [2.05, 4.69) is 15.5 Å². The van der Waals surface area contributed by atoms with Crippen molar-refractivity contribution in [1.29, 1.82) is 0 Å². The second kappa shape index (κ2) is 10.8. The Hall–Kier alpha value is -3.84. The maximum atomic E-state index is 13.4. The van der Waals surface area contributed by atoms with Crippen LogP contribution in [-0.4, -0.2) is 52.5 Å². The molecule has 0 aliphatic heterocycles. The molecular formula is C23H27FN6O5S. The highest BCUT2D eigenvalue weighted by atomic mass is 32.1. The minimum Gasteiger partial charge on any atom is -0.382 e. The maximum Gasteiger partial charge on any atom is 0.273 e.